The predicted octanol–water partition coefficient (Wildman–Crippen LogP) is 2.54. The van der Waals surface area contributed by atoms with Crippen LogP contribution in [0.15, 0.2) is 0 Å². The van der Waals surface area contributed by atoms with Crippen LogP contribution in [-0.2, 0) is 4.79 Å². The lowest BCUT2D eigenvalue weighted by atomic mass is 9.86. The number of nitrogens with zero attached hydrogens (tertiary/aromatic N) is 1. The average molecular weight is 252 g/mol. The molecule has 104 valence electrons. The van der Waals surface area contributed by atoms with Crippen LogP contribution in [0.4, 0.5) is 0 Å². The van der Waals surface area contributed by atoms with E-state index >= 15 is 0 Å². The Morgan fingerprint density at radius 3 is 2.44 bits per heavy atom. The van der Waals surface area contributed by atoms with Crippen LogP contribution in [0.1, 0.15) is 57.8 Å². The zero-order chi connectivity index (χ0) is 13.0. The Labute approximate surface area is 111 Å². The third-order valence-electron chi connectivity index (χ3n) is 4.79. The van der Waals surface area contributed by atoms with Crippen molar-refractivity contribution in [2.75, 3.05) is 13.6 Å². The third-order valence-corrected chi connectivity index (χ3v) is 4.79. The number of carbonyl (C=O) groups is 1. The topological polar surface area (TPSA) is 46.3 Å². The summed E-state index contributed by atoms with van der Waals surface area (Å²) in [6.45, 7) is 0.621. The van der Waals surface area contributed by atoms with E-state index in [1.807, 2.05) is 11.9 Å². The summed E-state index contributed by atoms with van der Waals surface area (Å²) in [5.74, 6) is 1.79. The Morgan fingerprint density at radius 1 is 1.22 bits per heavy atom. The maximum Gasteiger partial charge on any atom is 0.222 e. The second kappa shape index (κ2) is 6.55. The van der Waals surface area contributed by atoms with Gasteiger partial charge in [0.05, 0.1) is 0 Å². The van der Waals surface area contributed by atoms with Gasteiger partial charge >= 0.3 is 0 Å². The number of amides is 1. The molecule has 0 bridgehead atoms. The lowest BCUT2D eigenvalue weighted by Gasteiger charge is -2.28. The molecule has 1 unspecified atom stereocenters. The van der Waals surface area contributed by atoms with Gasteiger partial charge in [-0.2, -0.15) is 0 Å². The van der Waals surface area contributed by atoms with Crippen molar-refractivity contribution in [3.63, 3.8) is 0 Å². The number of nitrogens with two attached hydrogens (primary N) is 1. The first-order chi connectivity index (χ1) is 8.72. The zero-order valence-electron chi connectivity index (χ0n) is 11.7. The van der Waals surface area contributed by atoms with Crippen molar-refractivity contribution in [3.05, 3.63) is 0 Å². The molecule has 0 aromatic rings. The molecule has 18 heavy (non-hydrogen) atoms. The molecule has 0 spiro atoms. The summed E-state index contributed by atoms with van der Waals surface area (Å²) in [5.41, 5.74) is 5.80. The Hall–Kier alpha value is -0.570. The molecule has 0 heterocycles. The SMILES string of the molecule is CN(C(=O)CCC1CCCCC1)C(CN)C1CC1. The van der Waals surface area contributed by atoms with Crippen LogP contribution in [-0.4, -0.2) is 30.4 Å². The molecule has 2 N–H and O–H groups in total. The molecule has 0 aliphatic heterocycles. The average Bonchev–Trinajstić information content (AvgIpc) is 3.22. The Kier molecular flexibility index (Phi) is 5.04. The zero-order valence-corrected chi connectivity index (χ0v) is 11.7. The minimum Gasteiger partial charge on any atom is -0.341 e. The summed E-state index contributed by atoms with van der Waals surface area (Å²) in [5, 5.41) is 0. The summed E-state index contributed by atoms with van der Waals surface area (Å²) in [6.07, 6.45) is 11.1. The maximum atomic E-state index is 12.2. The normalized spacial score (nSPS) is 22.8. The van der Waals surface area contributed by atoms with Gasteiger partial charge in [-0.05, 0) is 31.1 Å². The molecule has 0 aromatic heterocycles. The summed E-state index contributed by atoms with van der Waals surface area (Å²) < 4.78 is 0. The lowest BCUT2D eigenvalue weighted by Crippen LogP contribution is -2.43. The van der Waals surface area contributed by atoms with E-state index in [1.165, 1.54) is 44.9 Å². The first-order valence-corrected chi connectivity index (χ1v) is 7.68. The predicted molar refractivity (Wildman–Crippen MR) is 74.1 cm³/mol. The number of hydrogen-bond acceptors (Lipinski definition) is 2. The van der Waals surface area contributed by atoms with Crippen molar-refractivity contribution in [1.82, 2.24) is 4.90 Å². The molecule has 2 fully saturated rings. The quantitative estimate of drug-likeness (QED) is 0.789. The maximum absolute atomic E-state index is 12.2. The monoisotopic (exact) mass is 252 g/mol. The highest BCUT2D eigenvalue weighted by molar-refractivity contribution is 5.76. The molecule has 3 heteroatoms. The third kappa shape index (κ3) is 3.71. The lowest BCUT2D eigenvalue weighted by molar-refractivity contribution is -0.132. The van der Waals surface area contributed by atoms with Crippen molar-refractivity contribution in [3.8, 4) is 0 Å². The Bertz CT molecular complexity index is 270. The standard InChI is InChI=1S/C15H28N2O/c1-17(14(11-16)13-8-9-13)15(18)10-7-12-5-3-2-4-6-12/h12-14H,2-11,16H2,1H3. The van der Waals surface area contributed by atoms with Crippen molar-refractivity contribution in [2.24, 2.45) is 17.6 Å². The minimum atomic E-state index is 0.295. The van der Waals surface area contributed by atoms with Crippen molar-refractivity contribution < 1.29 is 4.79 Å². The van der Waals surface area contributed by atoms with E-state index in [-0.39, 0.29) is 0 Å². The molecular formula is C15H28N2O. The Balaban J connectivity index is 1.72. The van der Waals surface area contributed by atoms with Crippen LogP contribution in [0, 0.1) is 11.8 Å². The molecule has 2 aliphatic carbocycles. The van der Waals surface area contributed by atoms with Gasteiger partial charge < -0.3 is 10.6 Å². The fraction of sp³-hybridized carbons (Fsp3) is 0.933. The molecule has 2 rings (SSSR count). The molecule has 0 radical (unpaired) electrons. The van der Waals surface area contributed by atoms with Gasteiger partial charge in [0.1, 0.15) is 0 Å². The first-order valence-electron chi connectivity index (χ1n) is 7.68. The van der Waals surface area contributed by atoms with E-state index in [0.717, 1.165) is 18.8 Å². The van der Waals surface area contributed by atoms with E-state index in [1.54, 1.807) is 0 Å². The van der Waals surface area contributed by atoms with Gasteiger partial charge in [-0.15, -0.1) is 0 Å². The minimum absolute atomic E-state index is 0.295. The number of likely N-dealkylation sites (N-methyl/N-ethyl adjacent to an activating group) is 1. The van der Waals surface area contributed by atoms with E-state index in [4.69, 9.17) is 5.73 Å². The van der Waals surface area contributed by atoms with Gasteiger partial charge in [0, 0.05) is 26.1 Å². The largest absolute Gasteiger partial charge is 0.341 e. The van der Waals surface area contributed by atoms with Gasteiger partial charge in [0.25, 0.3) is 0 Å². The van der Waals surface area contributed by atoms with Gasteiger partial charge in [-0.1, -0.05) is 32.1 Å². The molecule has 1 atom stereocenters. The molecule has 0 saturated heterocycles. The van der Waals surface area contributed by atoms with Crippen LogP contribution < -0.4 is 5.73 Å². The molecule has 2 aliphatic rings. The summed E-state index contributed by atoms with van der Waals surface area (Å²) >= 11 is 0. The Morgan fingerprint density at radius 2 is 1.89 bits per heavy atom. The van der Waals surface area contributed by atoms with E-state index in [2.05, 4.69) is 0 Å². The highest BCUT2D eigenvalue weighted by atomic mass is 16.2. The smallest absolute Gasteiger partial charge is 0.222 e. The summed E-state index contributed by atoms with van der Waals surface area (Å²) in [4.78, 5) is 14.1. The van der Waals surface area contributed by atoms with Crippen molar-refractivity contribution >= 4 is 5.91 Å². The van der Waals surface area contributed by atoms with Crippen LogP contribution >= 0.6 is 0 Å². The second-order valence-electron chi connectivity index (χ2n) is 6.19. The number of carbonyl (C=O) groups excluding carboxylic acids is 1. The van der Waals surface area contributed by atoms with Crippen LogP contribution in [0.25, 0.3) is 0 Å². The molecule has 1 amide bonds. The highest BCUT2D eigenvalue weighted by Crippen LogP contribution is 2.35. The van der Waals surface area contributed by atoms with Crippen LogP contribution in [0.2, 0.25) is 0 Å². The molecule has 2 saturated carbocycles. The second-order valence-corrected chi connectivity index (χ2v) is 6.19. The van der Waals surface area contributed by atoms with Gasteiger partial charge in [0.15, 0.2) is 0 Å². The van der Waals surface area contributed by atoms with E-state index < -0.39 is 0 Å². The highest BCUT2D eigenvalue weighted by Gasteiger charge is 2.34. The van der Waals surface area contributed by atoms with Crippen molar-refractivity contribution in [2.45, 2.75) is 63.8 Å². The molecule has 0 aromatic carbocycles. The van der Waals surface area contributed by atoms with E-state index in [9.17, 15) is 4.79 Å². The van der Waals surface area contributed by atoms with Gasteiger partial charge in [0.2, 0.25) is 5.91 Å². The van der Waals surface area contributed by atoms with Gasteiger partial charge in [-0.3, -0.25) is 4.79 Å². The summed E-state index contributed by atoms with van der Waals surface area (Å²) in [7, 11) is 1.94. The number of rotatable bonds is 6. The van der Waals surface area contributed by atoms with E-state index in [0.29, 0.717) is 24.4 Å². The van der Waals surface area contributed by atoms with Gasteiger partial charge in [-0.25, -0.2) is 0 Å². The molecular weight excluding hydrogens is 224 g/mol. The van der Waals surface area contributed by atoms with Crippen LogP contribution in [0.3, 0.4) is 0 Å². The molecule has 3 nitrogen and oxygen atoms in total. The fourth-order valence-electron chi connectivity index (χ4n) is 3.31. The fourth-order valence-corrected chi connectivity index (χ4v) is 3.31. The first kappa shape index (κ1) is 13.9. The number of hydrogen-bond donors (Lipinski definition) is 1. The van der Waals surface area contributed by atoms with Crippen LogP contribution in [0.5, 0.6) is 0 Å². The summed E-state index contributed by atoms with van der Waals surface area (Å²) in [6, 6.07) is 0.295. The van der Waals surface area contributed by atoms with Crippen molar-refractivity contribution in [1.29, 1.82) is 0 Å².